The zero-order valence-electron chi connectivity index (χ0n) is 21.6. The first-order chi connectivity index (χ1) is 19.0. The summed E-state index contributed by atoms with van der Waals surface area (Å²) in [7, 11) is 0. The summed E-state index contributed by atoms with van der Waals surface area (Å²) in [5, 5.41) is 14.7. The quantitative estimate of drug-likeness (QED) is 0.300. The minimum Gasteiger partial charge on any atom is -0.378 e. The van der Waals surface area contributed by atoms with Crippen molar-refractivity contribution in [3.8, 4) is 0 Å². The van der Waals surface area contributed by atoms with Gasteiger partial charge in [0.05, 0.1) is 29.5 Å². The van der Waals surface area contributed by atoms with E-state index in [1.165, 1.54) is 12.6 Å². The Balaban J connectivity index is 1.35. The normalized spacial score (nSPS) is 15.5. The Morgan fingerprint density at radius 1 is 0.846 bits per heavy atom. The summed E-state index contributed by atoms with van der Waals surface area (Å²) in [6, 6.07) is 15.7. The molecular formula is C29H31ClN6O3. The average molecular weight is 547 g/mol. The molecule has 0 unspecified atom stereocenters. The highest BCUT2D eigenvalue weighted by atomic mass is 35.5. The van der Waals surface area contributed by atoms with Gasteiger partial charge in [-0.2, -0.15) is 0 Å². The zero-order valence-corrected chi connectivity index (χ0v) is 22.3. The van der Waals surface area contributed by atoms with Crippen molar-refractivity contribution in [2.45, 2.75) is 19.3 Å². The number of halogens is 1. The molecule has 1 aromatic heterocycles. The van der Waals surface area contributed by atoms with Crippen molar-refractivity contribution in [3.63, 3.8) is 0 Å². The van der Waals surface area contributed by atoms with Gasteiger partial charge in [-0.05, 0) is 61.7 Å². The first-order valence-corrected chi connectivity index (χ1v) is 13.5. The van der Waals surface area contributed by atoms with Crippen LogP contribution in [0.2, 0.25) is 5.02 Å². The molecule has 0 saturated carbocycles. The number of anilines is 3. The van der Waals surface area contributed by atoms with E-state index in [-0.39, 0.29) is 5.91 Å². The molecule has 3 aromatic rings. The number of aromatic nitrogens is 1. The van der Waals surface area contributed by atoms with Crippen LogP contribution in [-0.4, -0.2) is 66.9 Å². The zero-order chi connectivity index (χ0) is 27.2. The average Bonchev–Trinajstić information content (AvgIpc) is 2.99. The summed E-state index contributed by atoms with van der Waals surface area (Å²) in [5.74, 6) is 0.0877. The van der Waals surface area contributed by atoms with Gasteiger partial charge in [-0.25, -0.2) is 4.98 Å². The number of carbonyl (C=O) groups excluding carboxylic acids is 2. The molecule has 2 fully saturated rings. The molecule has 5 rings (SSSR count). The molecule has 0 radical (unpaired) electrons. The molecule has 3 heterocycles. The van der Waals surface area contributed by atoms with Gasteiger partial charge in [-0.3, -0.25) is 15.0 Å². The van der Waals surface area contributed by atoms with Crippen LogP contribution in [-0.2, 0) is 4.74 Å². The van der Waals surface area contributed by atoms with Crippen LogP contribution in [0.15, 0.2) is 60.8 Å². The number of likely N-dealkylation sites (tertiary alicyclic amines) is 1. The summed E-state index contributed by atoms with van der Waals surface area (Å²) >= 11 is 5.93. The fraction of sp³-hybridized carbons (Fsp3) is 0.310. The van der Waals surface area contributed by atoms with Gasteiger partial charge in [0.2, 0.25) is 0 Å². The Morgan fingerprint density at radius 3 is 2.26 bits per heavy atom. The van der Waals surface area contributed by atoms with Gasteiger partial charge in [0.25, 0.3) is 11.8 Å². The van der Waals surface area contributed by atoms with E-state index in [0.29, 0.717) is 59.8 Å². The van der Waals surface area contributed by atoms with Crippen molar-refractivity contribution in [2.75, 3.05) is 54.9 Å². The molecule has 0 aliphatic carbocycles. The maximum absolute atomic E-state index is 13.3. The van der Waals surface area contributed by atoms with Crippen LogP contribution in [0.25, 0.3) is 0 Å². The van der Waals surface area contributed by atoms with E-state index in [9.17, 15) is 9.59 Å². The predicted molar refractivity (Wildman–Crippen MR) is 153 cm³/mol. The van der Waals surface area contributed by atoms with Gasteiger partial charge in [0.15, 0.2) is 0 Å². The molecule has 202 valence electrons. The second-order valence-corrected chi connectivity index (χ2v) is 10.0. The summed E-state index contributed by atoms with van der Waals surface area (Å²) in [6.45, 7) is 4.42. The Kier molecular flexibility index (Phi) is 8.39. The number of rotatable bonds is 6. The van der Waals surface area contributed by atoms with Crippen LogP contribution in [0.3, 0.4) is 0 Å². The SMILES string of the molecule is N=C(c1ccc(C(=O)Nc2ccc(N3CCOCC3)cc2C(=O)Nc2ccc(Cl)cn2)cc1)N1CCCCC1. The Morgan fingerprint density at radius 2 is 1.56 bits per heavy atom. The number of benzene rings is 2. The first kappa shape index (κ1) is 26.6. The van der Waals surface area contributed by atoms with Crippen molar-refractivity contribution in [1.29, 1.82) is 5.41 Å². The summed E-state index contributed by atoms with van der Waals surface area (Å²) in [6.07, 6.45) is 4.85. The van der Waals surface area contributed by atoms with Gasteiger partial charge in [-0.15, -0.1) is 0 Å². The van der Waals surface area contributed by atoms with Gasteiger partial charge in [0, 0.05) is 49.2 Å². The van der Waals surface area contributed by atoms with E-state index >= 15 is 0 Å². The lowest BCUT2D eigenvalue weighted by Gasteiger charge is -2.29. The molecule has 0 bridgehead atoms. The molecule has 0 spiro atoms. The third-order valence-electron chi connectivity index (χ3n) is 6.93. The lowest BCUT2D eigenvalue weighted by atomic mass is 10.1. The van der Waals surface area contributed by atoms with Crippen molar-refractivity contribution in [2.24, 2.45) is 0 Å². The third-order valence-corrected chi connectivity index (χ3v) is 7.16. The Labute approximate surface area is 232 Å². The van der Waals surface area contributed by atoms with E-state index in [1.807, 2.05) is 6.07 Å². The number of nitrogens with one attached hydrogen (secondary N) is 3. The van der Waals surface area contributed by atoms with E-state index in [0.717, 1.165) is 37.2 Å². The Hall–Kier alpha value is -3.95. The van der Waals surface area contributed by atoms with Crippen molar-refractivity contribution >= 4 is 46.4 Å². The minimum atomic E-state index is -0.402. The van der Waals surface area contributed by atoms with Crippen LogP contribution >= 0.6 is 11.6 Å². The number of amides is 2. The van der Waals surface area contributed by atoms with Crippen LogP contribution in [0.1, 0.15) is 45.5 Å². The number of carbonyl (C=O) groups is 2. The number of piperidine rings is 1. The molecule has 3 N–H and O–H groups in total. The standard InChI is InChI=1S/C29H31ClN6O3/c30-22-8-11-26(32-19-22)34-29(38)24-18-23(35-14-16-39-17-15-35)9-10-25(24)33-28(37)21-6-4-20(5-7-21)27(31)36-12-2-1-3-13-36/h4-11,18-19,31H,1-3,12-17H2,(H,33,37)(H,32,34,38). The van der Waals surface area contributed by atoms with Crippen molar-refractivity contribution < 1.29 is 14.3 Å². The number of ether oxygens (including phenoxy) is 1. The third kappa shape index (κ3) is 6.55. The maximum Gasteiger partial charge on any atom is 0.259 e. The predicted octanol–water partition coefficient (Wildman–Crippen LogP) is 4.89. The molecule has 2 amide bonds. The van der Waals surface area contributed by atoms with E-state index in [2.05, 4.69) is 25.4 Å². The molecule has 2 aromatic carbocycles. The molecule has 10 heteroatoms. The Bertz CT molecular complexity index is 1330. The van der Waals surface area contributed by atoms with Gasteiger partial charge in [-0.1, -0.05) is 23.7 Å². The first-order valence-electron chi connectivity index (χ1n) is 13.1. The molecule has 2 aliphatic heterocycles. The molecule has 39 heavy (non-hydrogen) atoms. The van der Waals surface area contributed by atoms with Gasteiger partial charge in [0.1, 0.15) is 11.7 Å². The number of hydrogen-bond acceptors (Lipinski definition) is 6. The summed E-state index contributed by atoms with van der Waals surface area (Å²) in [5.41, 5.74) is 2.78. The van der Waals surface area contributed by atoms with Crippen LogP contribution < -0.4 is 15.5 Å². The van der Waals surface area contributed by atoms with Crippen LogP contribution in [0.4, 0.5) is 17.2 Å². The van der Waals surface area contributed by atoms with E-state index in [1.54, 1.807) is 48.5 Å². The highest BCUT2D eigenvalue weighted by molar-refractivity contribution is 6.30. The number of morpholine rings is 1. The highest BCUT2D eigenvalue weighted by Gasteiger charge is 2.20. The second kappa shape index (κ2) is 12.3. The summed E-state index contributed by atoms with van der Waals surface area (Å²) in [4.78, 5) is 34.9. The molecule has 0 atom stereocenters. The molecule has 2 saturated heterocycles. The second-order valence-electron chi connectivity index (χ2n) is 9.57. The van der Waals surface area contributed by atoms with Gasteiger partial charge >= 0.3 is 0 Å². The van der Waals surface area contributed by atoms with Crippen LogP contribution in [0.5, 0.6) is 0 Å². The minimum absolute atomic E-state index is 0.313. The number of pyridine rings is 1. The molecule has 9 nitrogen and oxygen atoms in total. The monoisotopic (exact) mass is 546 g/mol. The van der Waals surface area contributed by atoms with E-state index < -0.39 is 5.91 Å². The highest BCUT2D eigenvalue weighted by Crippen LogP contribution is 2.26. The molecular weight excluding hydrogens is 516 g/mol. The maximum atomic E-state index is 13.3. The number of nitrogens with zero attached hydrogens (tertiary/aromatic N) is 3. The molecule has 2 aliphatic rings. The summed E-state index contributed by atoms with van der Waals surface area (Å²) < 4.78 is 5.46. The van der Waals surface area contributed by atoms with Gasteiger partial charge < -0.3 is 25.2 Å². The lowest BCUT2D eigenvalue weighted by Crippen LogP contribution is -2.36. The number of hydrogen-bond donors (Lipinski definition) is 3. The van der Waals surface area contributed by atoms with E-state index in [4.69, 9.17) is 21.7 Å². The smallest absolute Gasteiger partial charge is 0.259 e. The fourth-order valence-electron chi connectivity index (χ4n) is 4.75. The van der Waals surface area contributed by atoms with Crippen molar-refractivity contribution in [3.05, 3.63) is 82.5 Å². The largest absolute Gasteiger partial charge is 0.378 e. The topological polar surface area (TPSA) is 111 Å². The lowest BCUT2D eigenvalue weighted by molar-refractivity contribution is 0.102. The fourth-order valence-corrected chi connectivity index (χ4v) is 4.87. The number of amidine groups is 1. The van der Waals surface area contributed by atoms with Crippen molar-refractivity contribution in [1.82, 2.24) is 9.88 Å². The van der Waals surface area contributed by atoms with Crippen LogP contribution in [0, 0.1) is 5.41 Å².